The van der Waals surface area contributed by atoms with Crippen molar-refractivity contribution in [3.8, 4) is 38.8 Å². The van der Waals surface area contributed by atoms with Crippen molar-refractivity contribution in [3.63, 3.8) is 0 Å². The molecule has 3 aromatic heterocycles. The van der Waals surface area contributed by atoms with E-state index in [4.69, 9.17) is 18.9 Å². The Morgan fingerprint density at radius 1 is 0.972 bits per heavy atom. The fraction of sp³-hybridized carbons (Fsp3) is 0.471. The maximum Gasteiger partial charge on any atom is 0.259 e. The first kappa shape index (κ1) is 50.9. The van der Waals surface area contributed by atoms with Crippen molar-refractivity contribution in [1.29, 1.82) is 0 Å². The van der Waals surface area contributed by atoms with E-state index in [-0.39, 0.29) is 69.7 Å². The molecule has 4 amide bonds. The molecule has 18 nitrogen and oxygen atoms in total. The number of likely N-dealkylation sites (tertiary alicyclic amines) is 2. The zero-order valence-electron chi connectivity index (χ0n) is 41.0. The van der Waals surface area contributed by atoms with E-state index in [1.807, 2.05) is 43.3 Å². The van der Waals surface area contributed by atoms with Crippen molar-refractivity contribution in [2.75, 3.05) is 53.7 Å². The Balaban J connectivity index is 0.834. The highest BCUT2D eigenvalue weighted by Gasteiger charge is 2.53. The van der Waals surface area contributed by atoms with E-state index in [1.165, 1.54) is 20.8 Å². The lowest BCUT2D eigenvalue weighted by Crippen LogP contribution is -2.59. The van der Waals surface area contributed by atoms with E-state index in [2.05, 4.69) is 30.8 Å². The summed E-state index contributed by atoms with van der Waals surface area (Å²) in [6.45, 7) is 8.84. The van der Waals surface area contributed by atoms with Gasteiger partial charge >= 0.3 is 0 Å². The Bertz CT molecular complexity index is 2870. The standard InChI is InChI=1S/C51H61FN8O10S/c1-29-44(71-28-55-29)30-8-9-31(20-54-46(63)39-18-34(61)25-60(39)48(65)45(50(2,3)4)57-49(66)51(52)11-12-51)41(16-30)70-15-14-69-27-43(62)56-33-23-59(24-33)22-32-17-42(68-7)36(19-40(32)67-6)38-26-58(5)47(64)37-21-53-13-10-35(37)38/h8-10,13,16-17,19,21,26,28,33-34,39,45,61H,11-12,14-15,18,20,22-25,27H2,1-7H3,(H,54,63)(H,56,62)(H,57,66)/t34-,39+,45-/m1/s1. The van der Waals surface area contributed by atoms with Gasteiger partial charge in [0.1, 0.15) is 42.5 Å². The number of hydrogen-bond donors (Lipinski definition) is 4. The Kier molecular flexibility index (Phi) is 15.1. The molecule has 3 atom stereocenters. The van der Waals surface area contributed by atoms with Crippen LogP contribution in [0, 0.1) is 12.3 Å². The van der Waals surface area contributed by atoms with E-state index in [1.54, 1.807) is 66.1 Å². The number of amides is 4. The average Bonchev–Trinajstić information content (AvgIpc) is 3.74. The molecule has 20 heteroatoms. The van der Waals surface area contributed by atoms with Gasteiger partial charge < -0.3 is 49.5 Å². The second-order valence-corrected chi connectivity index (χ2v) is 20.4. The molecule has 1 saturated carbocycles. The summed E-state index contributed by atoms with van der Waals surface area (Å²) >= 11 is 1.48. The van der Waals surface area contributed by atoms with E-state index >= 15 is 0 Å². The second-order valence-electron chi connectivity index (χ2n) is 19.5. The molecule has 4 N–H and O–H groups in total. The lowest BCUT2D eigenvalue weighted by molar-refractivity contribution is -0.145. The maximum atomic E-state index is 14.7. The number of nitrogens with zero attached hydrogens (tertiary/aromatic N) is 5. The molecular formula is C51H61FN8O10S. The highest BCUT2D eigenvalue weighted by atomic mass is 32.1. The summed E-state index contributed by atoms with van der Waals surface area (Å²) in [6, 6.07) is 9.03. The minimum absolute atomic E-state index is 0.00990. The summed E-state index contributed by atoms with van der Waals surface area (Å²) in [5, 5.41) is 20.4. The molecule has 1 aliphatic carbocycles. The number of aliphatic hydroxyl groups excluding tert-OH is 1. The quantitative estimate of drug-likeness (QED) is 0.0861. The van der Waals surface area contributed by atoms with Crippen molar-refractivity contribution in [3.05, 3.63) is 87.7 Å². The molecule has 378 valence electrons. The molecule has 5 heterocycles. The largest absolute Gasteiger partial charge is 0.496 e. The number of aliphatic hydroxyl groups is 1. The maximum absolute atomic E-state index is 14.7. The van der Waals surface area contributed by atoms with Crippen LogP contribution in [0.25, 0.3) is 32.3 Å². The van der Waals surface area contributed by atoms with E-state index in [9.17, 15) is 33.5 Å². The van der Waals surface area contributed by atoms with Gasteiger partial charge in [-0.2, -0.15) is 0 Å². The Labute approximate surface area is 414 Å². The van der Waals surface area contributed by atoms with Crippen LogP contribution in [0.1, 0.15) is 56.9 Å². The number of β-amino-alcohol motifs (C(OH)–C–C–N with tert-alkyl or cyclic N) is 1. The number of thiazole rings is 1. The molecule has 5 aromatic rings. The Hall–Kier alpha value is -6.48. The Morgan fingerprint density at radius 2 is 1.73 bits per heavy atom. The summed E-state index contributed by atoms with van der Waals surface area (Å²) in [5.41, 5.74) is 3.64. The predicted molar refractivity (Wildman–Crippen MR) is 264 cm³/mol. The van der Waals surface area contributed by atoms with Crippen LogP contribution in [0.4, 0.5) is 4.39 Å². The van der Waals surface area contributed by atoms with Gasteiger partial charge in [-0.15, -0.1) is 11.3 Å². The lowest BCUT2D eigenvalue weighted by atomic mass is 9.85. The minimum atomic E-state index is -1.99. The molecule has 0 unspecified atom stereocenters. The van der Waals surface area contributed by atoms with Crippen LogP contribution in [0.3, 0.4) is 0 Å². The number of rotatable bonds is 19. The molecule has 3 fully saturated rings. The van der Waals surface area contributed by atoms with Gasteiger partial charge in [-0.25, -0.2) is 9.37 Å². The van der Waals surface area contributed by atoms with Gasteiger partial charge in [0, 0.05) is 87.0 Å². The molecule has 0 radical (unpaired) electrons. The molecule has 71 heavy (non-hydrogen) atoms. The Morgan fingerprint density at radius 3 is 2.42 bits per heavy atom. The molecule has 2 saturated heterocycles. The highest BCUT2D eigenvalue weighted by molar-refractivity contribution is 7.13. The number of benzene rings is 2. The number of pyridine rings is 2. The van der Waals surface area contributed by atoms with Crippen molar-refractivity contribution in [1.82, 2.24) is 40.3 Å². The van der Waals surface area contributed by atoms with Crippen LogP contribution in [-0.4, -0.2) is 137 Å². The number of carbonyl (C=O) groups excluding carboxylic acids is 4. The van der Waals surface area contributed by atoms with Crippen LogP contribution in [0.15, 0.2) is 65.3 Å². The first-order chi connectivity index (χ1) is 33.9. The normalized spacial score (nSPS) is 18.1. The van der Waals surface area contributed by atoms with Gasteiger partial charge in [-0.3, -0.25) is 33.9 Å². The first-order valence-electron chi connectivity index (χ1n) is 23.6. The van der Waals surface area contributed by atoms with Gasteiger partial charge in [0.15, 0.2) is 5.67 Å². The van der Waals surface area contributed by atoms with Gasteiger partial charge in [0.05, 0.1) is 54.4 Å². The predicted octanol–water partition coefficient (Wildman–Crippen LogP) is 4.06. The van der Waals surface area contributed by atoms with Crippen LogP contribution in [0.5, 0.6) is 17.2 Å². The molecule has 3 aliphatic rings. The third-order valence-corrected chi connectivity index (χ3v) is 14.2. The van der Waals surface area contributed by atoms with Crippen molar-refractivity contribution in [2.45, 2.75) is 89.9 Å². The highest BCUT2D eigenvalue weighted by Crippen LogP contribution is 2.41. The minimum Gasteiger partial charge on any atom is -0.496 e. The third-order valence-electron chi connectivity index (χ3n) is 13.2. The fourth-order valence-electron chi connectivity index (χ4n) is 9.07. The van der Waals surface area contributed by atoms with Crippen LogP contribution >= 0.6 is 11.3 Å². The number of alkyl halides is 1. The van der Waals surface area contributed by atoms with Gasteiger partial charge in [-0.05, 0) is 60.4 Å². The number of aromatic nitrogens is 3. The molecule has 0 spiro atoms. The van der Waals surface area contributed by atoms with Gasteiger partial charge in [0.25, 0.3) is 11.5 Å². The number of hydrogen-bond acceptors (Lipinski definition) is 14. The number of carbonyl (C=O) groups is 4. The summed E-state index contributed by atoms with van der Waals surface area (Å²) in [4.78, 5) is 79.1. The zero-order valence-corrected chi connectivity index (χ0v) is 41.8. The lowest BCUT2D eigenvalue weighted by Gasteiger charge is -2.39. The van der Waals surface area contributed by atoms with E-state index in [0.717, 1.165) is 38.2 Å². The number of aryl methyl sites for hydroxylation is 2. The molecule has 2 aromatic carbocycles. The van der Waals surface area contributed by atoms with Crippen molar-refractivity contribution in [2.24, 2.45) is 12.5 Å². The van der Waals surface area contributed by atoms with Crippen molar-refractivity contribution < 1.29 is 47.6 Å². The third kappa shape index (κ3) is 11.4. The van der Waals surface area contributed by atoms with Gasteiger partial charge in [-0.1, -0.05) is 32.9 Å². The smallest absolute Gasteiger partial charge is 0.259 e. The monoisotopic (exact) mass is 996 g/mol. The molecular weight excluding hydrogens is 936 g/mol. The average molecular weight is 997 g/mol. The zero-order chi connectivity index (χ0) is 50.8. The van der Waals surface area contributed by atoms with Crippen molar-refractivity contribution >= 4 is 45.7 Å². The number of ether oxygens (including phenoxy) is 4. The molecule has 2 aliphatic heterocycles. The number of fused-ring (bicyclic) bond motifs is 1. The summed E-state index contributed by atoms with van der Waals surface area (Å²) in [6.07, 6.45) is 4.20. The SMILES string of the molecule is COc1cc(-c2cn(C)c(=O)c3cnccc23)c(OC)cc1CN1CC(NC(=O)COCCOc2cc(-c3scnc3C)ccc2CNC(=O)[C@@H]2C[C@@H](O)CN2C(=O)[C@@H](NC(=O)C2(F)CC2)C(C)(C)C)C1. The fourth-order valence-corrected chi connectivity index (χ4v) is 9.87. The first-order valence-corrected chi connectivity index (χ1v) is 24.5. The van der Waals surface area contributed by atoms with Crippen LogP contribution in [0.2, 0.25) is 0 Å². The molecule has 0 bridgehead atoms. The van der Waals surface area contributed by atoms with Crippen LogP contribution in [-0.2, 0) is 44.1 Å². The van der Waals surface area contributed by atoms with E-state index in [0.29, 0.717) is 47.8 Å². The molecule has 8 rings (SSSR count). The topological polar surface area (TPSA) is 216 Å². The van der Waals surface area contributed by atoms with E-state index < -0.39 is 47.0 Å². The number of halogens is 1. The summed E-state index contributed by atoms with van der Waals surface area (Å²) in [5.74, 6) is -0.435. The van der Waals surface area contributed by atoms with Gasteiger partial charge in [0.2, 0.25) is 17.7 Å². The number of nitrogens with one attached hydrogen (secondary N) is 3. The summed E-state index contributed by atoms with van der Waals surface area (Å²) in [7, 11) is 4.92. The second kappa shape index (κ2) is 21.1. The summed E-state index contributed by atoms with van der Waals surface area (Å²) < 4.78 is 39.8. The number of methoxy groups -OCH3 is 2. The van der Waals surface area contributed by atoms with Crippen LogP contribution < -0.4 is 35.7 Å².